The summed E-state index contributed by atoms with van der Waals surface area (Å²) in [7, 11) is 0. The average molecular weight is 294 g/mol. The van der Waals surface area contributed by atoms with E-state index in [1.54, 1.807) is 0 Å². The second kappa shape index (κ2) is 8.57. The third-order valence-corrected chi connectivity index (χ3v) is 2.70. The lowest BCUT2D eigenvalue weighted by Gasteiger charge is -2.19. The van der Waals surface area contributed by atoms with Crippen LogP contribution in [-0.4, -0.2) is 57.5 Å². The topological polar surface area (TPSA) is 98.1 Å². The second-order valence-corrected chi connectivity index (χ2v) is 4.45. The number of carbonyl (C=O) groups excluding carboxylic acids is 1. The Morgan fingerprint density at radius 1 is 0.905 bits per heavy atom. The van der Waals surface area contributed by atoms with Crippen LogP contribution < -0.4 is 0 Å². The highest BCUT2D eigenvalue weighted by atomic mass is 16.4. The molecule has 0 atom stereocenters. The molecular formula is C14H18N2O5. The molecule has 1 aliphatic heterocycles. The van der Waals surface area contributed by atoms with Gasteiger partial charge in [0.15, 0.2) is 0 Å². The molecule has 21 heavy (non-hydrogen) atoms. The standard InChI is InChI=1S/C14H18N2O5/c17-12(16(10-13(18)19)11-14(20)21)6-5-9-15-7-3-1-2-4-8-15/h1-4,7-8H,5-6,9-11H2,(H,18,19)(H,20,21). The van der Waals surface area contributed by atoms with Gasteiger partial charge in [0.2, 0.25) is 5.91 Å². The van der Waals surface area contributed by atoms with Crippen molar-refractivity contribution in [3.8, 4) is 0 Å². The molecule has 0 radical (unpaired) electrons. The normalized spacial score (nSPS) is 13.0. The van der Waals surface area contributed by atoms with Crippen molar-refractivity contribution in [2.24, 2.45) is 0 Å². The number of carboxylic acid groups (broad SMARTS) is 2. The van der Waals surface area contributed by atoms with Crippen molar-refractivity contribution in [2.45, 2.75) is 12.8 Å². The van der Waals surface area contributed by atoms with Crippen molar-refractivity contribution in [3.63, 3.8) is 0 Å². The molecule has 0 bridgehead atoms. The predicted octanol–water partition coefficient (Wildman–Crippen LogP) is 0.664. The summed E-state index contributed by atoms with van der Waals surface area (Å²) in [6, 6.07) is 0. The molecule has 1 heterocycles. The van der Waals surface area contributed by atoms with Gasteiger partial charge in [-0.05, 0) is 18.6 Å². The smallest absolute Gasteiger partial charge is 0.323 e. The average Bonchev–Trinajstić information content (AvgIpc) is 2.65. The SMILES string of the molecule is O=C(O)CN(CC(=O)O)C(=O)CCCN1C=CC=CC=C1. The molecule has 114 valence electrons. The van der Waals surface area contributed by atoms with Crippen LogP contribution >= 0.6 is 0 Å². The summed E-state index contributed by atoms with van der Waals surface area (Å²) in [5, 5.41) is 17.4. The number of hydrogen-bond acceptors (Lipinski definition) is 4. The van der Waals surface area contributed by atoms with Crippen molar-refractivity contribution in [3.05, 3.63) is 36.7 Å². The van der Waals surface area contributed by atoms with E-state index in [1.807, 2.05) is 41.6 Å². The van der Waals surface area contributed by atoms with E-state index >= 15 is 0 Å². The minimum absolute atomic E-state index is 0.103. The van der Waals surface area contributed by atoms with Crippen molar-refractivity contribution < 1.29 is 24.6 Å². The van der Waals surface area contributed by atoms with Gasteiger partial charge in [-0.2, -0.15) is 0 Å². The van der Waals surface area contributed by atoms with Gasteiger partial charge in [-0.1, -0.05) is 12.2 Å². The van der Waals surface area contributed by atoms with Crippen molar-refractivity contribution in [1.29, 1.82) is 0 Å². The number of hydrogen-bond donors (Lipinski definition) is 2. The number of carbonyl (C=O) groups is 3. The fraction of sp³-hybridized carbons (Fsp3) is 0.357. The maximum Gasteiger partial charge on any atom is 0.323 e. The summed E-state index contributed by atoms with van der Waals surface area (Å²) in [6.07, 6.45) is 11.8. The molecule has 1 amide bonds. The van der Waals surface area contributed by atoms with Gasteiger partial charge in [0.1, 0.15) is 13.1 Å². The Kier molecular flexibility index (Phi) is 6.73. The van der Waals surface area contributed by atoms with E-state index in [0.29, 0.717) is 13.0 Å². The summed E-state index contributed by atoms with van der Waals surface area (Å²) in [6.45, 7) is -0.606. The highest BCUT2D eigenvalue weighted by molar-refractivity contribution is 5.85. The van der Waals surface area contributed by atoms with Gasteiger partial charge in [0, 0.05) is 25.4 Å². The molecular weight excluding hydrogens is 276 g/mol. The van der Waals surface area contributed by atoms with Gasteiger partial charge < -0.3 is 20.0 Å². The van der Waals surface area contributed by atoms with Gasteiger partial charge in [0.05, 0.1) is 0 Å². The fourth-order valence-electron chi connectivity index (χ4n) is 1.78. The molecule has 0 saturated carbocycles. The third-order valence-electron chi connectivity index (χ3n) is 2.70. The predicted molar refractivity (Wildman–Crippen MR) is 75.2 cm³/mol. The number of carboxylic acids is 2. The first-order valence-electron chi connectivity index (χ1n) is 6.48. The summed E-state index contributed by atoms with van der Waals surface area (Å²) in [5.74, 6) is -2.93. The number of allylic oxidation sites excluding steroid dienone is 4. The van der Waals surface area contributed by atoms with Crippen LogP contribution in [0.5, 0.6) is 0 Å². The van der Waals surface area contributed by atoms with Gasteiger partial charge in [-0.25, -0.2) is 0 Å². The van der Waals surface area contributed by atoms with Gasteiger partial charge >= 0.3 is 11.9 Å². The quantitative estimate of drug-likeness (QED) is 0.682. The van der Waals surface area contributed by atoms with E-state index in [-0.39, 0.29) is 6.42 Å². The lowest BCUT2D eigenvalue weighted by atomic mass is 10.2. The molecule has 0 aromatic rings. The van der Waals surface area contributed by atoms with Crippen LogP contribution in [0.1, 0.15) is 12.8 Å². The molecule has 0 aromatic heterocycles. The zero-order chi connectivity index (χ0) is 15.7. The molecule has 0 unspecified atom stereocenters. The summed E-state index contributed by atoms with van der Waals surface area (Å²) in [5.41, 5.74) is 0. The lowest BCUT2D eigenvalue weighted by molar-refractivity contribution is -0.149. The lowest BCUT2D eigenvalue weighted by Crippen LogP contribution is -2.39. The van der Waals surface area contributed by atoms with Gasteiger partial charge in [0.25, 0.3) is 0 Å². The molecule has 0 fully saturated rings. The Morgan fingerprint density at radius 2 is 1.43 bits per heavy atom. The van der Waals surface area contributed by atoms with E-state index in [1.165, 1.54) is 0 Å². The molecule has 7 heteroatoms. The molecule has 1 rings (SSSR count). The molecule has 0 aromatic carbocycles. The highest BCUT2D eigenvalue weighted by Gasteiger charge is 2.19. The Labute approximate surface area is 122 Å². The Hall–Kier alpha value is -2.57. The molecule has 0 aliphatic carbocycles. The van der Waals surface area contributed by atoms with Crippen LogP contribution in [-0.2, 0) is 14.4 Å². The number of amides is 1. The number of rotatable bonds is 8. The fourth-order valence-corrected chi connectivity index (χ4v) is 1.78. The first-order valence-corrected chi connectivity index (χ1v) is 6.48. The van der Waals surface area contributed by atoms with Crippen molar-refractivity contribution in [2.75, 3.05) is 19.6 Å². The molecule has 7 nitrogen and oxygen atoms in total. The second-order valence-electron chi connectivity index (χ2n) is 4.45. The largest absolute Gasteiger partial charge is 0.480 e. The van der Waals surface area contributed by atoms with Gasteiger partial charge in [-0.15, -0.1) is 0 Å². The first kappa shape index (κ1) is 16.5. The van der Waals surface area contributed by atoms with Crippen LogP contribution in [0.3, 0.4) is 0 Å². The molecule has 1 aliphatic rings. The molecule has 0 saturated heterocycles. The maximum absolute atomic E-state index is 11.9. The van der Waals surface area contributed by atoms with E-state index < -0.39 is 30.9 Å². The summed E-state index contributed by atoms with van der Waals surface area (Å²) >= 11 is 0. The Balaban J connectivity index is 2.42. The van der Waals surface area contributed by atoms with Crippen LogP contribution in [0.2, 0.25) is 0 Å². The van der Waals surface area contributed by atoms with E-state index in [2.05, 4.69) is 0 Å². The van der Waals surface area contributed by atoms with Crippen LogP contribution in [0, 0.1) is 0 Å². The van der Waals surface area contributed by atoms with Crippen LogP contribution in [0.4, 0.5) is 0 Å². The van der Waals surface area contributed by atoms with E-state index in [0.717, 1.165) is 4.90 Å². The minimum Gasteiger partial charge on any atom is -0.480 e. The van der Waals surface area contributed by atoms with Gasteiger partial charge in [-0.3, -0.25) is 14.4 Å². The van der Waals surface area contributed by atoms with Crippen LogP contribution in [0.25, 0.3) is 0 Å². The third kappa shape index (κ3) is 6.95. The maximum atomic E-state index is 11.9. The van der Waals surface area contributed by atoms with E-state index in [4.69, 9.17) is 10.2 Å². The first-order chi connectivity index (χ1) is 9.99. The molecule has 0 spiro atoms. The van der Waals surface area contributed by atoms with E-state index in [9.17, 15) is 14.4 Å². The zero-order valence-electron chi connectivity index (χ0n) is 11.5. The zero-order valence-corrected chi connectivity index (χ0v) is 11.5. The van der Waals surface area contributed by atoms with Crippen molar-refractivity contribution in [1.82, 2.24) is 9.80 Å². The number of aliphatic carboxylic acids is 2. The Bertz CT molecular complexity index is 450. The highest BCUT2D eigenvalue weighted by Crippen LogP contribution is 2.04. The minimum atomic E-state index is -1.23. The summed E-state index contributed by atoms with van der Waals surface area (Å²) in [4.78, 5) is 35.9. The molecule has 2 N–H and O–H groups in total. The van der Waals surface area contributed by atoms with Crippen LogP contribution in [0.15, 0.2) is 36.7 Å². The number of nitrogens with zero attached hydrogens (tertiary/aromatic N) is 2. The monoisotopic (exact) mass is 294 g/mol. The van der Waals surface area contributed by atoms with Crippen molar-refractivity contribution >= 4 is 17.8 Å². The summed E-state index contributed by atoms with van der Waals surface area (Å²) < 4.78 is 0. The Morgan fingerprint density at radius 3 is 1.90 bits per heavy atom.